The average molecular weight is 514 g/mol. The Hall–Kier alpha value is -4.95. The number of hydrogen-bond donors (Lipinski definition) is 4. The van der Waals surface area contributed by atoms with Gasteiger partial charge in [-0.1, -0.05) is 43.0 Å². The van der Waals surface area contributed by atoms with E-state index in [4.69, 9.17) is 9.84 Å². The maximum absolute atomic E-state index is 13.1. The second-order valence-electron chi connectivity index (χ2n) is 8.25. The first kappa shape index (κ1) is 27.6. The van der Waals surface area contributed by atoms with Gasteiger partial charge in [0.05, 0.1) is 0 Å². The zero-order valence-electron chi connectivity index (χ0n) is 20.4. The summed E-state index contributed by atoms with van der Waals surface area (Å²) in [5.74, 6) is -2.11. The Bertz CT molecular complexity index is 1270. The summed E-state index contributed by atoms with van der Waals surface area (Å²) in [5, 5.41) is 30.7. The Kier molecular flexibility index (Phi) is 9.73. The lowest BCUT2D eigenvalue weighted by molar-refractivity contribution is -0.126. The van der Waals surface area contributed by atoms with Crippen LogP contribution in [0.25, 0.3) is 12.2 Å². The van der Waals surface area contributed by atoms with Gasteiger partial charge in [0.1, 0.15) is 36.4 Å². The van der Waals surface area contributed by atoms with Gasteiger partial charge in [-0.3, -0.25) is 14.4 Å². The van der Waals surface area contributed by atoms with Crippen LogP contribution >= 0.6 is 0 Å². The molecule has 8 nitrogen and oxygen atoms in total. The molecule has 0 aromatic heterocycles. The van der Waals surface area contributed by atoms with E-state index in [-0.39, 0.29) is 23.8 Å². The maximum atomic E-state index is 13.1. The Labute approximate surface area is 219 Å². The number of Topliss-reactive ketones (excluding diaryl/α,β-unsaturated/α-hetero) is 1. The number of aromatic hydroxyl groups is 2. The number of phenolic OH excluding ortho intramolecular Hbond substituents is 2. The molecule has 3 aromatic rings. The van der Waals surface area contributed by atoms with E-state index < -0.39 is 29.9 Å². The van der Waals surface area contributed by atoms with E-state index >= 15 is 0 Å². The maximum Gasteiger partial charge on any atom is 0.195 e. The third-order valence-corrected chi connectivity index (χ3v) is 5.32. The number of aliphatic hydroxyl groups is 1. The van der Waals surface area contributed by atoms with E-state index in [0.29, 0.717) is 22.6 Å². The number of aliphatic hydroxyl groups excluding tert-OH is 1. The van der Waals surface area contributed by atoms with Crippen LogP contribution in [0.1, 0.15) is 11.1 Å². The van der Waals surface area contributed by atoms with E-state index in [1.54, 1.807) is 60.7 Å². The lowest BCUT2D eigenvalue weighted by Crippen LogP contribution is -2.26. The fourth-order valence-corrected chi connectivity index (χ4v) is 3.31. The molecule has 0 spiro atoms. The van der Waals surface area contributed by atoms with Crippen LogP contribution in [-0.4, -0.2) is 45.9 Å². The van der Waals surface area contributed by atoms with Crippen molar-refractivity contribution in [3.05, 3.63) is 108 Å². The molecular weight excluding hydrogens is 486 g/mol. The van der Waals surface area contributed by atoms with Gasteiger partial charge in [-0.25, -0.2) is 0 Å². The third-order valence-electron chi connectivity index (χ3n) is 5.32. The number of ketones is 3. The van der Waals surface area contributed by atoms with E-state index in [9.17, 15) is 24.6 Å². The minimum absolute atomic E-state index is 0.0925. The first-order chi connectivity index (χ1) is 18.2. The van der Waals surface area contributed by atoms with E-state index in [0.717, 1.165) is 0 Å². The normalized spacial score (nSPS) is 11.1. The molecule has 38 heavy (non-hydrogen) atoms. The Morgan fingerprint density at radius 1 is 0.789 bits per heavy atom. The number of anilines is 1. The van der Waals surface area contributed by atoms with Crippen molar-refractivity contribution in [1.82, 2.24) is 0 Å². The average Bonchev–Trinajstić information content (AvgIpc) is 2.92. The second-order valence-corrected chi connectivity index (χ2v) is 8.25. The molecule has 0 radical (unpaired) electrons. The van der Waals surface area contributed by atoms with Gasteiger partial charge < -0.3 is 25.4 Å². The zero-order valence-corrected chi connectivity index (χ0v) is 20.4. The third kappa shape index (κ3) is 8.32. The molecule has 0 amide bonds. The molecule has 8 heteroatoms. The largest absolute Gasteiger partial charge is 0.508 e. The SMILES string of the molecule is C=C(Nc1ccc(OCC(=O)CO)cc1)C(C(=O)/C=C/c1ccc(O)cc1)C(=O)/C=C/c1ccc(O)cc1. The standard InChI is InChI=1S/C30H27NO7/c1-20(31-23-8-14-27(15-9-23)38-19-26(35)18-32)30(28(36)16-6-21-2-10-24(33)11-3-21)29(37)17-7-22-4-12-25(34)13-5-22/h2-17,30-34H,1,18-19H2/b16-6+,17-7+. The molecule has 0 bridgehead atoms. The lowest BCUT2D eigenvalue weighted by atomic mass is 9.93. The van der Waals surface area contributed by atoms with Crippen molar-refractivity contribution in [2.24, 2.45) is 5.92 Å². The second kappa shape index (κ2) is 13.4. The highest BCUT2D eigenvalue weighted by atomic mass is 16.5. The molecule has 0 aliphatic carbocycles. The molecule has 4 N–H and O–H groups in total. The van der Waals surface area contributed by atoms with Gasteiger partial charge in [-0.2, -0.15) is 0 Å². The molecular formula is C30H27NO7. The molecule has 0 saturated carbocycles. The molecule has 194 valence electrons. The number of carbonyl (C=O) groups is 3. The van der Waals surface area contributed by atoms with Crippen molar-refractivity contribution < 1.29 is 34.4 Å². The molecule has 0 unspecified atom stereocenters. The topological polar surface area (TPSA) is 133 Å². The number of hydrogen-bond acceptors (Lipinski definition) is 8. The summed E-state index contributed by atoms with van der Waals surface area (Å²) in [5.41, 5.74) is 2.01. The van der Waals surface area contributed by atoms with Gasteiger partial charge >= 0.3 is 0 Å². The molecule has 0 aliphatic heterocycles. The number of rotatable bonds is 13. The summed E-state index contributed by atoms with van der Waals surface area (Å²) in [6.45, 7) is 3.06. The van der Waals surface area contributed by atoms with Crippen LogP contribution in [0.3, 0.4) is 0 Å². The lowest BCUT2D eigenvalue weighted by Gasteiger charge is -2.17. The smallest absolute Gasteiger partial charge is 0.195 e. The fourth-order valence-electron chi connectivity index (χ4n) is 3.31. The van der Waals surface area contributed by atoms with Crippen LogP contribution in [0.4, 0.5) is 5.69 Å². The number of allylic oxidation sites excluding steroid dienone is 3. The Morgan fingerprint density at radius 3 is 1.71 bits per heavy atom. The zero-order chi connectivity index (χ0) is 27.5. The van der Waals surface area contributed by atoms with Crippen molar-refractivity contribution in [2.75, 3.05) is 18.5 Å². The summed E-state index contributed by atoms with van der Waals surface area (Å²) < 4.78 is 5.29. The Morgan fingerprint density at radius 2 is 1.26 bits per heavy atom. The summed E-state index contributed by atoms with van der Waals surface area (Å²) in [7, 11) is 0. The predicted octanol–water partition coefficient (Wildman–Crippen LogP) is 4.14. The van der Waals surface area contributed by atoms with Gasteiger partial charge in [0.15, 0.2) is 17.3 Å². The predicted molar refractivity (Wildman–Crippen MR) is 145 cm³/mol. The molecule has 0 atom stereocenters. The minimum Gasteiger partial charge on any atom is -0.508 e. The number of phenols is 2. The van der Waals surface area contributed by atoms with Gasteiger partial charge in [0.25, 0.3) is 0 Å². The summed E-state index contributed by atoms with van der Waals surface area (Å²) in [6.07, 6.45) is 5.65. The van der Waals surface area contributed by atoms with E-state index in [1.165, 1.54) is 36.4 Å². The molecule has 0 heterocycles. The first-order valence-electron chi connectivity index (χ1n) is 11.6. The summed E-state index contributed by atoms with van der Waals surface area (Å²) in [6, 6.07) is 18.9. The highest BCUT2D eigenvalue weighted by molar-refractivity contribution is 6.16. The number of ether oxygens (including phenoxy) is 1. The minimum atomic E-state index is -1.24. The van der Waals surface area contributed by atoms with Crippen LogP contribution in [0.15, 0.2) is 97.2 Å². The van der Waals surface area contributed by atoms with Crippen LogP contribution < -0.4 is 10.1 Å². The summed E-state index contributed by atoms with van der Waals surface area (Å²) >= 11 is 0. The Balaban J connectivity index is 1.78. The van der Waals surface area contributed by atoms with Crippen LogP contribution in [0.2, 0.25) is 0 Å². The van der Waals surface area contributed by atoms with Crippen molar-refractivity contribution in [1.29, 1.82) is 0 Å². The highest BCUT2D eigenvalue weighted by Crippen LogP contribution is 2.22. The molecule has 3 rings (SSSR count). The molecule has 0 aliphatic rings. The van der Waals surface area contributed by atoms with Crippen LogP contribution in [0, 0.1) is 5.92 Å². The van der Waals surface area contributed by atoms with E-state index in [1.807, 2.05) is 0 Å². The first-order valence-corrected chi connectivity index (χ1v) is 11.6. The number of nitrogens with one attached hydrogen (secondary N) is 1. The van der Waals surface area contributed by atoms with Crippen molar-refractivity contribution >= 4 is 35.2 Å². The fraction of sp³-hybridized carbons (Fsp3) is 0.100. The molecule has 3 aromatic carbocycles. The monoisotopic (exact) mass is 513 g/mol. The van der Waals surface area contributed by atoms with Crippen LogP contribution in [-0.2, 0) is 14.4 Å². The van der Waals surface area contributed by atoms with Gasteiger partial charge in [0.2, 0.25) is 0 Å². The molecule has 0 saturated heterocycles. The van der Waals surface area contributed by atoms with Gasteiger partial charge in [-0.05, 0) is 71.8 Å². The van der Waals surface area contributed by atoms with E-state index in [2.05, 4.69) is 11.9 Å². The highest BCUT2D eigenvalue weighted by Gasteiger charge is 2.26. The van der Waals surface area contributed by atoms with Crippen LogP contribution in [0.5, 0.6) is 17.2 Å². The number of benzene rings is 3. The quantitative estimate of drug-likeness (QED) is 0.198. The van der Waals surface area contributed by atoms with Crippen molar-refractivity contribution in [3.8, 4) is 17.2 Å². The van der Waals surface area contributed by atoms with Gasteiger partial charge in [0, 0.05) is 11.4 Å². The molecule has 0 fully saturated rings. The number of carbonyl (C=O) groups excluding carboxylic acids is 3. The van der Waals surface area contributed by atoms with Gasteiger partial charge in [-0.15, -0.1) is 0 Å². The van der Waals surface area contributed by atoms with Crippen molar-refractivity contribution in [2.45, 2.75) is 0 Å². The summed E-state index contributed by atoms with van der Waals surface area (Å²) in [4.78, 5) is 37.5. The van der Waals surface area contributed by atoms with Crippen molar-refractivity contribution in [3.63, 3.8) is 0 Å².